The van der Waals surface area contributed by atoms with Crippen molar-refractivity contribution in [3.63, 3.8) is 0 Å². The minimum atomic E-state index is -0.901. The van der Waals surface area contributed by atoms with Gasteiger partial charge in [0.2, 0.25) is 5.91 Å². The molecule has 1 unspecified atom stereocenters. The second-order valence-corrected chi connectivity index (χ2v) is 7.08. The molecule has 12 heteroatoms. The zero-order valence-electron chi connectivity index (χ0n) is 17.4. The first-order valence-electron chi connectivity index (χ1n) is 9.27. The van der Waals surface area contributed by atoms with Crippen LogP contribution in [0.15, 0.2) is 12.7 Å². The molecule has 3 rings (SSSR count). The van der Waals surface area contributed by atoms with E-state index in [-0.39, 0.29) is 12.5 Å². The van der Waals surface area contributed by atoms with E-state index in [1.165, 1.54) is 33.4 Å². The van der Waals surface area contributed by atoms with Crippen LogP contribution in [0.25, 0.3) is 11.2 Å². The number of carbonyl (C=O) groups excluding carboxylic acids is 3. The molecule has 0 spiro atoms. The van der Waals surface area contributed by atoms with E-state index in [0.717, 1.165) is 0 Å². The third kappa shape index (κ3) is 4.32. The molecule has 0 saturated carbocycles. The maximum Gasteiger partial charge on any atom is 0.303 e. The predicted molar refractivity (Wildman–Crippen MR) is 103 cm³/mol. The van der Waals surface area contributed by atoms with E-state index >= 15 is 0 Å². The van der Waals surface area contributed by atoms with Gasteiger partial charge in [0.05, 0.1) is 12.4 Å². The maximum absolute atomic E-state index is 11.8. The number of hydrogen-bond acceptors (Lipinski definition) is 10. The molecule has 12 nitrogen and oxygen atoms in total. The number of carbonyl (C=O) groups is 3. The fourth-order valence-corrected chi connectivity index (χ4v) is 3.38. The summed E-state index contributed by atoms with van der Waals surface area (Å²) < 4.78 is 18.3. The smallest absolute Gasteiger partial charge is 0.303 e. The summed E-state index contributed by atoms with van der Waals surface area (Å²) in [7, 11) is 3.66. The Morgan fingerprint density at radius 2 is 1.90 bits per heavy atom. The first kappa shape index (κ1) is 21.4. The van der Waals surface area contributed by atoms with Gasteiger partial charge in [0.15, 0.2) is 29.3 Å². The van der Waals surface area contributed by atoms with Gasteiger partial charge < -0.3 is 24.4 Å². The van der Waals surface area contributed by atoms with Crippen molar-refractivity contribution in [1.82, 2.24) is 24.8 Å². The number of amides is 1. The minimum Gasteiger partial charge on any atom is -0.463 e. The Morgan fingerprint density at radius 3 is 2.50 bits per heavy atom. The van der Waals surface area contributed by atoms with Crippen LogP contribution in [0.2, 0.25) is 0 Å². The number of rotatable bonds is 6. The van der Waals surface area contributed by atoms with Gasteiger partial charge in [-0.1, -0.05) is 0 Å². The van der Waals surface area contributed by atoms with Crippen LogP contribution in [0.4, 0.5) is 5.82 Å². The lowest BCUT2D eigenvalue weighted by Gasteiger charge is -2.24. The van der Waals surface area contributed by atoms with Crippen molar-refractivity contribution in [2.75, 3.05) is 25.6 Å². The number of anilines is 1. The Bertz CT molecular complexity index is 960. The van der Waals surface area contributed by atoms with Crippen LogP contribution in [0, 0.1) is 0 Å². The Labute approximate surface area is 172 Å². The normalized spacial score (nSPS) is 23.2. The lowest BCUT2D eigenvalue weighted by Crippen LogP contribution is -2.49. The summed E-state index contributed by atoms with van der Waals surface area (Å²) in [6, 6.07) is -0.747. The third-order valence-corrected chi connectivity index (χ3v) is 4.51. The molecule has 1 fully saturated rings. The molecule has 0 radical (unpaired) electrons. The van der Waals surface area contributed by atoms with Gasteiger partial charge in [-0.15, -0.1) is 0 Å². The molecular formula is C18H24N6O6. The molecule has 162 valence electrons. The van der Waals surface area contributed by atoms with E-state index in [1.807, 2.05) is 14.1 Å². The lowest BCUT2D eigenvalue weighted by molar-refractivity contribution is -0.153. The van der Waals surface area contributed by atoms with Crippen molar-refractivity contribution in [3.8, 4) is 0 Å². The van der Waals surface area contributed by atoms with Gasteiger partial charge in [0, 0.05) is 34.9 Å². The van der Waals surface area contributed by atoms with Crippen molar-refractivity contribution in [2.24, 2.45) is 0 Å². The summed E-state index contributed by atoms with van der Waals surface area (Å²) in [5.74, 6) is -0.785. The number of fused-ring (bicyclic) bond motifs is 1. The largest absolute Gasteiger partial charge is 0.463 e. The van der Waals surface area contributed by atoms with Gasteiger partial charge in [-0.05, 0) is 0 Å². The molecule has 30 heavy (non-hydrogen) atoms. The fraction of sp³-hybridized carbons (Fsp3) is 0.556. The highest BCUT2D eigenvalue weighted by Crippen LogP contribution is 2.35. The minimum absolute atomic E-state index is 0.126. The SMILES string of the molecule is CC(=O)NC1[C@@H](OC(C)=O)[C@H](n2cnc3c(N(C)C)ncnc32)O[C@@H]1COC(C)=O. The molecular weight excluding hydrogens is 396 g/mol. The zero-order valence-corrected chi connectivity index (χ0v) is 17.4. The van der Waals surface area contributed by atoms with Crippen molar-refractivity contribution in [2.45, 2.75) is 45.2 Å². The highest BCUT2D eigenvalue weighted by molar-refractivity contribution is 5.83. The fourth-order valence-electron chi connectivity index (χ4n) is 3.38. The van der Waals surface area contributed by atoms with E-state index in [1.54, 1.807) is 9.47 Å². The summed E-state index contributed by atoms with van der Waals surface area (Å²) in [5.41, 5.74) is 0.998. The predicted octanol–water partition coefficient (Wildman–Crippen LogP) is -0.211. The van der Waals surface area contributed by atoms with Crippen LogP contribution in [-0.2, 0) is 28.6 Å². The van der Waals surface area contributed by atoms with Crippen molar-refractivity contribution in [3.05, 3.63) is 12.7 Å². The van der Waals surface area contributed by atoms with E-state index in [0.29, 0.717) is 17.0 Å². The first-order chi connectivity index (χ1) is 14.2. The van der Waals surface area contributed by atoms with Crippen LogP contribution in [-0.4, -0.2) is 76.3 Å². The van der Waals surface area contributed by atoms with Gasteiger partial charge >= 0.3 is 11.9 Å². The molecule has 0 bridgehead atoms. The topological polar surface area (TPSA) is 138 Å². The van der Waals surface area contributed by atoms with Gasteiger partial charge in [-0.25, -0.2) is 15.0 Å². The molecule has 4 atom stereocenters. The molecule has 1 aliphatic heterocycles. The second kappa shape index (κ2) is 8.61. The monoisotopic (exact) mass is 420 g/mol. The molecule has 1 aliphatic rings. The first-order valence-corrected chi connectivity index (χ1v) is 9.27. The molecule has 3 heterocycles. The number of nitrogens with zero attached hydrogens (tertiary/aromatic N) is 5. The van der Waals surface area contributed by atoms with Crippen LogP contribution in [0.1, 0.15) is 27.0 Å². The van der Waals surface area contributed by atoms with Crippen LogP contribution >= 0.6 is 0 Å². The van der Waals surface area contributed by atoms with E-state index in [4.69, 9.17) is 14.2 Å². The van der Waals surface area contributed by atoms with Crippen molar-refractivity contribution < 1.29 is 28.6 Å². The zero-order chi connectivity index (χ0) is 22.0. The summed E-state index contributed by atoms with van der Waals surface area (Å²) in [6.45, 7) is 3.75. The summed E-state index contributed by atoms with van der Waals surface area (Å²) >= 11 is 0. The van der Waals surface area contributed by atoms with Gasteiger partial charge in [0.1, 0.15) is 19.0 Å². The summed E-state index contributed by atoms with van der Waals surface area (Å²) in [6.07, 6.45) is 0.392. The molecule has 1 N–H and O–H groups in total. The molecule has 2 aromatic heterocycles. The average Bonchev–Trinajstić information content (AvgIpc) is 3.21. The molecule has 2 aromatic rings. The summed E-state index contributed by atoms with van der Waals surface area (Å²) in [5, 5.41) is 2.73. The Hall–Kier alpha value is -3.28. The number of esters is 2. The van der Waals surface area contributed by atoms with Gasteiger partial charge in [-0.3, -0.25) is 19.0 Å². The number of ether oxygens (including phenoxy) is 3. The second-order valence-electron chi connectivity index (χ2n) is 7.08. The Morgan fingerprint density at radius 1 is 1.17 bits per heavy atom. The highest BCUT2D eigenvalue weighted by Gasteiger charge is 2.49. The van der Waals surface area contributed by atoms with E-state index in [9.17, 15) is 14.4 Å². The highest BCUT2D eigenvalue weighted by atomic mass is 16.6. The van der Waals surface area contributed by atoms with Crippen molar-refractivity contribution >= 4 is 34.8 Å². The quantitative estimate of drug-likeness (QED) is 0.625. The third-order valence-electron chi connectivity index (χ3n) is 4.51. The number of nitrogens with one attached hydrogen (secondary N) is 1. The van der Waals surface area contributed by atoms with E-state index < -0.39 is 36.4 Å². The van der Waals surface area contributed by atoms with Crippen LogP contribution in [0.5, 0.6) is 0 Å². The lowest BCUT2D eigenvalue weighted by atomic mass is 10.1. The number of aromatic nitrogens is 4. The Kier molecular flexibility index (Phi) is 6.15. The maximum atomic E-state index is 11.8. The molecule has 1 amide bonds. The van der Waals surface area contributed by atoms with Gasteiger partial charge in [0.25, 0.3) is 0 Å². The number of hydrogen-bond donors (Lipinski definition) is 1. The summed E-state index contributed by atoms with van der Waals surface area (Å²) in [4.78, 5) is 49.6. The standard InChI is InChI=1S/C18H24N6O6/c1-9(25)22-13-12(6-28-10(2)26)30-18(15(13)29-11(3)27)24-8-21-14-16(23(4)5)19-7-20-17(14)24/h7-8,12-13,15,18H,6H2,1-5H3,(H,22,25)/t12-,13?,15-,18-/m1/s1. The van der Waals surface area contributed by atoms with Crippen LogP contribution < -0.4 is 10.2 Å². The molecule has 0 aliphatic carbocycles. The van der Waals surface area contributed by atoms with E-state index in [2.05, 4.69) is 20.3 Å². The Balaban J connectivity index is 2.03. The van der Waals surface area contributed by atoms with Gasteiger partial charge in [-0.2, -0.15) is 0 Å². The number of imidazole rings is 1. The average molecular weight is 420 g/mol. The molecule has 0 aromatic carbocycles. The van der Waals surface area contributed by atoms with Crippen molar-refractivity contribution in [1.29, 1.82) is 0 Å². The van der Waals surface area contributed by atoms with Crippen LogP contribution in [0.3, 0.4) is 0 Å². The molecule has 1 saturated heterocycles.